The molecule has 3 amide bonds. The summed E-state index contributed by atoms with van der Waals surface area (Å²) >= 11 is 0. The van der Waals surface area contributed by atoms with E-state index in [1.807, 2.05) is 24.3 Å². The molecule has 180 valence electrons. The van der Waals surface area contributed by atoms with Crippen LogP contribution in [0.15, 0.2) is 58.3 Å². The van der Waals surface area contributed by atoms with Gasteiger partial charge in [-0.25, -0.2) is 9.59 Å². The van der Waals surface area contributed by atoms with Gasteiger partial charge in [0, 0.05) is 38.4 Å². The number of hydrogen-bond donors (Lipinski definition) is 2. The van der Waals surface area contributed by atoms with Crippen molar-refractivity contribution in [2.24, 2.45) is 0 Å². The zero-order chi connectivity index (χ0) is 24.1. The monoisotopic (exact) mass is 466 g/mol. The molecule has 0 saturated carbocycles. The van der Waals surface area contributed by atoms with Gasteiger partial charge in [-0.2, -0.15) is 0 Å². The molecule has 1 unspecified atom stereocenters. The van der Waals surface area contributed by atoms with Crippen molar-refractivity contribution in [1.29, 1.82) is 0 Å². The second-order valence-corrected chi connectivity index (χ2v) is 8.28. The largest absolute Gasteiger partial charge is 0.463 e. The molecule has 2 N–H and O–H groups in total. The first-order chi connectivity index (χ1) is 16.5. The molecular formula is C25H30N4O5. The van der Waals surface area contributed by atoms with E-state index in [1.54, 1.807) is 24.0 Å². The van der Waals surface area contributed by atoms with E-state index in [0.29, 0.717) is 49.8 Å². The third-order valence-electron chi connectivity index (χ3n) is 6.14. The SMILES string of the molecule is CCOC(=O)C1=C(CN2CCN(C(=O)c3ccco3)CC2)NC(=O)NC1c1ccc(CC)cc1. The summed E-state index contributed by atoms with van der Waals surface area (Å²) < 4.78 is 10.6. The Kier molecular flexibility index (Phi) is 7.32. The van der Waals surface area contributed by atoms with E-state index in [9.17, 15) is 14.4 Å². The van der Waals surface area contributed by atoms with Gasteiger partial charge in [-0.3, -0.25) is 9.69 Å². The van der Waals surface area contributed by atoms with Crippen LogP contribution in [0.2, 0.25) is 0 Å². The molecule has 0 bridgehead atoms. The van der Waals surface area contributed by atoms with Gasteiger partial charge in [-0.15, -0.1) is 0 Å². The molecule has 0 aliphatic carbocycles. The fourth-order valence-electron chi connectivity index (χ4n) is 4.28. The summed E-state index contributed by atoms with van der Waals surface area (Å²) in [5.74, 6) is -0.272. The quantitative estimate of drug-likeness (QED) is 0.608. The van der Waals surface area contributed by atoms with Crippen molar-refractivity contribution in [1.82, 2.24) is 20.4 Å². The van der Waals surface area contributed by atoms with Crippen molar-refractivity contribution in [2.45, 2.75) is 26.3 Å². The smallest absolute Gasteiger partial charge is 0.338 e. The number of aryl methyl sites for hydroxylation is 1. The van der Waals surface area contributed by atoms with Crippen molar-refractivity contribution in [3.63, 3.8) is 0 Å². The lowest BCUT2D eigenvalue weighted by Crippen LogP contribution is -2.52. The first-order valence-corrected chi connectivity index (χ1v) is 11.6. The fourth-order valence-corrected chi connectivity index (χ4v) is 4.28. The summed E-state index contributed by atoms with van der Waals surface area (Å²) in [5.41, 5.74) is 2.92. The maximum atomic E-state index is 13.0. The van der Waals surface area contributed by atoms with Gasteiger partial charge in [0.25, 0.3) is 5.91 Å². The lowest BCUT2D eigenvalue weighted by molar-refractivity contribution is -0.139. The number of rotatable bonds is 7. The van der Waals surface area contributed by atoms with E-state index in [4.69, 9.17) is 9.15 Å². The Hall–Kier alpha value is -3.59. The van der Waals surface area contributed by atoms with Crippen LogP contribution in [0.4, 0.5) is 4.79 Å². The van der Waals surface area contributed by atoms with Crippen molar-refractivity contribution >= 4 is 17.9 Å². The molecule has 0 radical (unpaired) electrons. The number of nitrogens with one attached hydrogen (secondary N) is 2. The fraction of sp³-hybridized carbons (Fsp3) is 0.400. The number of benzene rings is 1. The highest BCUT2D eigenvalue weighted by Crippen LogP contribution is 2.29. The molecule has 1 saturated heterocycles. The average molecular weight is 467 g/mol. The van der Waals surface area contributed by atoms with Gasteiger partial charge in [-0.05, 0) is 36.6 Å². The first kappa shape index (κ1) is 23.6. The van der Waals surface area contributed by atoms with E-state index in [2.05, 4.69) is 22.5 Å². The van der Waals surface area contributed by atoms with Gasteiger partial charge >= 0.3 is 12.0 Å². The molecule has 9 nitrogen and oxygen atoms in total. The Balaban J connectivity index is 1.53. The number of esters is 1. The number of ether oxygens (including phenoxy) is 1. The molecule has 9 heteroatoms. The molecule has 2 aliphatic heterocycles. The van der Waals surface area contributed by atoms with E-state index in [-0.39, 0.29) is 18.5 Å². The number of furan rings is 1. The Bertz CT molecular complexity index is 1050. The van der Waals surface area contributed by atoms with Crippen molar-refractivity contribution < 1.29 is 23.5 Å². The first-order valence-electron chi connectivity index (χ1n) is 11.6. The lowest BCUT2D eigenvalue weighted by atomic mass is 9.94. The highest BCUT2D eigenvalue weighted by Gasteiger charge is 2.35. The van der Waals surface area contributed by atoms with E-state index < -0.39 is 12.0 Å². The van der Waals surface area contributed by atoms with Crippen LogP contribution >= 0.6 is 0 Å². The zero-order valence-corrected chi connectivity index (χ0v) is 19.5. The van der Waals surface area contributed by atoms with Crippen LogP contribution in [0.5, 0.6) is 0 Å². The van der Waals surface area contributed by atoms with Crippen LogP contribution in [-0.2, 0) is 16.0 Å². The van der Waals surface area contributed by atoms with Gasteiger partial charge < -0.3 is 24.7 Å². The molecule has 1 aromatic heterocycles. The second kappa shape index (κ2) is 10.6. The molecule has 1 fully saturated rings. The number of carbonyl (C=O) groups is 3. The summed E-state index contributed by atoms with van der Waals surface area (Å²) in [6.07, 6.45) is 2.39. The predicted molar refractivity (Wildman–Crippen MR) is 125 cm³/mol. The van der Waals surface area contributed by atoms with E-state index in [1.165, 1.54) is 11.8 Å². The van der Waals surface area contributed by atoms with E-state index in [0.717, 1.165) is 12.0 Å². The summed E-state index contributed by atoms with van der Waals surface area (Å²) in [6, 6.07) is 10.3. The van der Waals surface area contributed by atoms with Gasteiger partial charge in [0.05, 0.1) is 24.5 Å². The Morgan fingerprint density at radius 1 is 1.09 bits per heavy atom. The number of piperazine rings is 1. The Labute approximate surface area is 198 Å². The van der Waals surface area contributed by atoms with Gasteiger partial charge in [-0.1, -0.05) is 31.2 Å². The standard InChI is InChI=1S/C25H30N4O5/c1-3-17-7-9-18(10-8-17)22-21(24(31)33-4-2)19(26-25(32)27-22)16-28-11-13-29(14-12-28)23(30)20-6-5-15-34-20/h5-10,15,22H,3-4,11-14,16H2,1-2H3,(H2,26,27,32). The topological polar surface area (TPSA) is 104 Å². The van der Waals surface area contributed by atoms with E-state index >= 15 is 0 Å². The van der Waals surface area contributed by atoms with Crippen LogP contribution in [0.25, 0.3) is 0 Å². The molecule has 2 aliphatic rings. The summed E-state index contributed by atoms with van der Waals surface area (Å²) in [6.45, 7) is 6.69. The number of urea groups is 1. The van der Waals surface area contributed by atoms with Crippen LogP contribution in [0.3, 0.4) is 0 Å². The van der Waals surface area contributed by atoms with Crippen LogP contribution in [0, 0.1) is 0 Å². The highest BCUT2D eigenvalue weighted by atomic mass is 16.5. The van der Waals surface area contributed by atoms with Gasteiger partial charge in [0.1, 0.15) is 0 Å². The number of carbonyl (C=O) groups excluding carboxylic acids is 3. The van der Waals surface area contributed by atoms with Crippen molar-refractivity contribution in [3.8, 4) is 0 Å². The maximum Gasteiger partial charge on any atom is 0.338 e. The zero-order valence-electron chi connectivity index (χ0n) is 19.5. The van der Waals surface area contributed by atoms with Crippen molar-refractivity contribution in [3.05, 3.63) is 70.8 Å². The normalized spacial score (nSPS) is 18.9. The maximum absolute atomic E-state index is 13.0. The summed E-state index contributed by atoms with van der Waals surface area (Å²) in [7, 11) is 0. The average Bonchev–Trinajstić information content (AvgIpc) is 3.39. The third kappa shape index (κ3) is 5.14. The molecule has 4 rings (SSSR count). The third-order valence-corrected chi connectivity index (χ3v) is 6.14. The molecule has 34 heavy (non-hydrogen) atoms. The number of amides is 3. The minimum absolute atomic E-state index is 0.137. The molecule has 0 spiro atoms. The highest BCUT2D eigenvalue weighted by molar-refractivity contribution is 5.95. The Morgan fingerprint density at radius 3 is 2.44 bits per heavy atom. The molecule has 1 aromatic carbocycles. The summed E-state index contributed by atoms with van der Waals surface area (Å²) in [5, 5.41) is 5.70. The van der Waals surface area contributed by atoms with Crippen LogP contribution < -0.4 is 10.6 Å². The number of nitrogens with zero attached hydrogens (tertiary/aromatic N) is 2. The predicted octanol–water partition coefficient (Wildman–Crippen LogP) is 2.47. The van der Waals surface area contributed by atoms with Crippen LogP contribution in [0.1, 0.15) is 41.6 Å². The lowest BCUT2D eigenvalue weighted by Gasteiger charge is -2.36. The number of hydrogen-bond acceptors (Lipinski definition) is 6. The second-order valence-electron chi connectivity index (χ2n) is 8.28. The molecule has 2 aromatic rings. The van der Waals surface area contributed by atoms with Crippen LogP contribution in [-0.4, -0.2) is 67.0 Å². The van der Waals surface area contributed by atoms with Gasteiger partial charge in [0.2, 0.25) is 0 Å². The minimum Gasteiger partial charge on any atom is -0.463 e. The molecule has 3 heterocycles. The molecule has 1 atom stereocenters. The van der Waals surface area contributed by atoms with Gasteiger partial charge in [0.15, 0.2) is 5.76 Å². The molecular weight excluding hydrogens is 436 g/mol. The van der Waals surface area contributed by atoms with Crippen molar-refractivity contribution in [2.75, 3.05) is 39.3 Å². The summed E-state index contributed by atoms with van der Waals surface area (Å²) in [4.78, 5) is 41.9. The minimum atomic E-state index is -0.601. The Morgan fingerprint density at radius 2 is 1.82 bits per heavy atom.